The Morgan fingerprint density at radius 3 is 2.19 bits per heavy atom. The Morgan fingerprint density at radius 1 is 0.968 bits per heavy atom. The van der Waals surface area contributed by atoms with E-state index in [2.05, 4.69) is 10.3 Å². The van der Waals surface area contributed by atoms with Crippen molar-refractivity contribution < 1.29 is 22.8 Å². The van der Waals surface area contributed by atoms with E-state index in [4.69, 9.17) is 11.6 Å². The van der Waals surface area contributed by atoms with Crippen LogP contribution in [0.15, 0.2) is 48.7 Å². The van der Waals surface area contributed by atoms with Crippen LogP contribution in [0.2, 0.25) is 5.02 Å². The molecule has 0 saturated carbocycles. The molecule has 2 aromatic carbocycles. The van der Waals surface area contributed by atoms with E-state index in [-0.39, 0.29) is 27.5 Å². The molecule has 0 unspecified atom stereocenters. The summed E-state index contributed by atoms with van der Waals surface area (Å²) in [4.78, 5) is 29.9. The maximum absolute atomic E-state index is 14.5. The van der Waals surface area contributed by atoms with Gasteiger partial charge in [0.1, 0.15) is 23.1 Å². The Hall–Kier alpha value is -3.19. The molecule has 0 saturated heterocycles. The van der Waals surface area contributed by atoms with Gasteiger partial charge in [-0.05, 0) is 36.4 Å². The average molecular weight is 447 g/mol. The van der Waals surface area contributed by atoms with Gasteiger partial charge in [0, 0.05) is 22.7 Å². The molecule has 160 valence electrons. The van der Waals surface area contributed by atoms with Crippen molar-refractivity contribution >= 4 is 29.0 Å². The number of nitrogens with zero attached hydrogens (tertiary/aromatic N) is 1. The molecule has 0 bridgehead atoms. The number of anilines is 1. The van der Waals surface area contributed by atoms with E-state index in [1.54, 1.807) is 20.8 Å². The standard InChI is InChI=1S/C23H18ClF3N2O2/c1-23(2,3)22(31)29-19-14(21(30)13-8-7-12(25)11-15(13)24)9-10-28-20(19)18-16(26)5-4-6-17(18)27/h4-11H,1-3H3,(H,29,31). The Balaban J connectivity index is 2.26. The fraction of sp³-hybridized carbons (Fsp3) is 0.174. The van der Waals surface area contributed by atoms with Crippen LogP contribution in [0.25, 0.3) is 11.3 Å². The highest BCUT2D eigenvalue weighted by Gasteiger charge is 2.28. The number of carbonyl (C=O) groups excluding carboxylic acids is 2. The van der Waals surface area contributed by atoms with Gasteiger partial charge in [-0.1, -0.05) is 38.4 Å². The normalized spacial score (nSPS) is 11.3. The monoisotopic (exact) mass is 446 g/mol. The first-order chi connectivity index (χ1) is 14.5. The SMILES string of the molecule is CC(C)(C)C(=O)Nc1c(C(=O)c2ccc(F)cc2Cl)ccnc1-c1c(F)cccc1F. The summed E-state index contributed by atoms with van der Waals surface area (Å²) in [5.41, 5.74) is -1.94. The Kier molecular flexibility index (Phi) is 6.18. The number of hydrogen-bond acceptors (Lipinski definition) is 3. The lowest BCUT2D eigenvalue weighted by atomic mass is 9.94. The first kappa shape index (κ1) is 22.5. The summed E-state index contributed by atoms with van der Waals surface area (Å²) in [5, 5.41) is 2.44. The van der Waals surface area contributed by atoms with Crippen molar-refractivity contribution in [2.24, 2.45) is 5.41 Å². The summed E-state index contributed by atoms with van der Waals surface area (Å²) in [7, 11) is 0. The molecule has 31 heavy (non-hydrogen) atoms. The van der Waals surface area contributed by atoms with Gasteiger partial charge >= 0.3 is 0 Å². The molecule has 0 atom stereocenters. The number of amides is 1. The highest BCUT2D eigenvalue weighted by Crippen LogP contribution is 2.35. The third kappa shape index (κ3) is 4.61. The summed E-state index contributed by atoms with van der Waals surface area (Å²) >= 11 is 6.03. The minimum absolute atomic E-state index is 0.0412. The minimum atomic E-state index is -0.914. The van der Waals surface area contributed by atoms with Crippen LogP contribution in [-0.2, 0) is 4.79 Å². The number of hydrogen-bond donors (Lipinski definition) is 1. The van der Waals surface area contributed by atoms with Crippen molar-refractivity contribution in [2.45, 2.75) is 20.8 Å². The zero-order valence-electron chi connectivity index (χ0n) is 16.9. The predicted octanol–water partition coefficient (Wildman–Crippen LogP) is 6.03. The zero-order chi connectivity index (χ0) is 22.9. The second-order valence-electron chi connectivity index (χ2n) is 7.84. The molecule has 3 aromatic rings. The van der Waals surface area contributed by atoms with Crippen LogP contribution in [0.4, 0.5) is 18.9 Å². The van der Waals surface area contributed by atoms with Gasteiger partial charge in [-0.15, -0.1) is 0 Å². The number of halogens is 4. The number of aromatic nitrogens is 1. The zero-order valence-corrected chi connectivity index (χ0v) is 17.7. The van der Waals surface area contributed by atoms with E-state index in [0.29, 0.717) is 0 Å². The molecule has 1 heterocycles. The molecule has 0 spiro atoms. The molecule has 0 radical (unpaired) electrons. The number of pyridine rings is 1. The third-order valence-corrected chi connectivity index (χ3v) is 4.80. The molecule has 0 fully saturated rings. The lowest BCUT2D eigenvalue weighted by Crippen LogP contribution is -2.29. The molecule has 0 aliphatic rings. The van der Waals surface area contributed by atoms with Crippen LogP contribution in [-0.4, -0.2) is 16.7 Å². The van der Waals surface area contributed by atoms with E-state index in [0.717, 1.165) is 24.3 Å². The molecule has 8 heteroatoms. The van der Waals surface area contributed by atoms with Gasteiger partial charge in [0.2, 0.25) is 5.91 Å². The van der Waals surface area contributed by atoms with Crippen LogP contribution in [0.1, 0.15) is 36.7 Å². The maximum atomic E-state index is 14.5. The topological polar surface area (TPSA) is 59.1 Å². The van der Waals surface area contributed by atoms with E-state index < -0.39 is 40.1 Å². The predicted molar refractivity (Wildman–Crippen MR) is 113 cm³/mol. The summed E-state index contributed by atoms with van der Waals surface area (Å²) in [6.45, 7) is 4.92. The lowest BCUT2D eigenvalue weighted by molar-refractivity contribution is -0.123. The third-order valence-electron chi connectivity index (χ3n) is 4.49. The van der Waals surface area contributed by atoms with Gasteiger partial charge in [0.15, 0.2) is 5.78 Å². The molecule has 4 nitrogen and oxygen atoms in total. The van der Waals surface area contributed by atoms with Crippen molar-refractivity contribution in [1.29, 1.82) is 0 Å². The summed E-state index contributed by atoms with van der Waals surface area (Å²) < 4.78 is 42.4. The van der Waals surface area contributed by atoms with E-state index in [1.165, 1.54) is 24.4 Å². The van der Waals surface area contributed by atoms with Crippen molar-refractivity contribution in [3.63, 3.8) is 0 Å². The van der Waals surface area contributed by atoms with Crippen LogP contribution in [0.3, 0.4) is 0 Å². The van der Waals surface area contributed by atoms with Gasteiger partial charge in [-0.3, -0.25) is 14.6 Å². The number of rotatable bonds is 4. The van der Waals surface area contributed by atoms with Crippen LogP contribution < -0.4 is 5.32 Å². The molecule has 0 aliphatic carbocycles. The van der Waals surface area contributed by atoms with Gasteiger partial charge in [0.25, 0.3) is 0 Å². The number of carbonyl (C=O) groups is 2. The first-order valence-electron chi connectivity index (χ1n) is 9.25. The average Bonchev–Trinajstić information content (AvgIpc) is 2.67. The van der Waals surface area contributed by atoms with Crippen molar-refractivity contribution in [3.05, 3.63) is 82.3 Å². The molecule has 0 aliphatic heterocycles. The van der Waals surface area contributed by atoms with Gasteiger partial charge in [0.05, 0.1) is 16.3 Å². The van der Waals surface area contributed by atoms with Crippen LogP contribution >= 0.6 is 11.6 Å². The molecule has 1 amide bonds. The van der Waals surface area contributed by atoms with Crippen molar-refractivity contribution in [3.8, 4) is 11.3 Å². The largest absolute Gasteiger partial charge is 0.323 e. The number of nitrogens with one attached hydrogen (secondary N) is 1. The highest BCUT2D eigenvalue weighted by molar-refractivity contribution is 6.35. The quantitative estimate of drug-likeness (QED) is 0.497. The second kappa shape index (κ2) is 8.51. The molecule has 1 aromatic heterocycles. The Bertz CT molecular complexity index is 1170. The maximum Gasteiger partial charge on any atom is 0.229 e. The molecule has 3 rings (SSSR count). The molecular formula is C23H18ClF3N2O2. The molecule has 1 N–H and O–H groups in total. The van der Waals surface area contributed by atoms with E-state index in [9.17, 15) is 22.8 Å². The smallest absolute Gasteiger partial charge is 0.229 e. The minimum Gasteiger partial charge on any atom is -0.323 e. The highest BCUT2D eigenvalue weighted by atomic mass is 35.5. The fourth-order valence-corrected chi connectivity index (χ4v) is 3.06. The summed E-state index contributed by atoms with van der Waals surface area (Å²) in [6.07, 6.45) is 1.19. The van der Waals surface area contributed by atoms with Crippen molar-refractivity contribution in [1.82, 2.24) is 4.98 Å². The van der Waals surface area contributed by atoms with Gasteiger partial charge in [-0.25, -0.2) is 13.2 Å². The Morgan fingerprint density at radius 2 is 1.61 bits per heavy atom. The fourth-order valence-electron chi connectivity index (χ4n) is 2.81. The van der Waals surface area contributed by atoms with E-state index >= 15 is 0 Å². The van der Waals surface area contributed by atoms with Crippen LogP contribution in [0.5, 0.6) is 0 Å². The number of ketones is 1. The summed E-state index contributed by atoms with van der Waals surface area (Å²) in [6, 6.07) is 7.80. The number of benzene rings is 2. The lowest BCUT2D eigenvalue weighted by Gasteiger charge is -2.21. The van der Waals surface area contributed by atoms with Gasteiger partial charge < -0.3 is 5.32 Å². The molecular weight excluding hydrogens is 429 g/mol. The Labute approximate surface area is 182 Å². The van der Waals surface area contributed by atoms with Crippen molar-refractivity contribution in [2.75, 3.05) is 5.32 Å². The first-order valence-corrected chi connectivity index (χ1v) is 9.63. The summed E-state index contributed by atoms with van der Waals surface area (Å²) in [5.74, 6) is -3.63. The second-order valence-corrected chi connectivity index (χ2v) is 8.24. The van der Waals surface area contributed by atoms with E-state index in [1.807, 2.05) is 0 Å². The van der Waals surface area contributed by atoms with Crippen LogP contribution in [0, 0.1) is 22.9 Å². The van der Waals surface area contributed by atoms with Gasteiger partial charge in [-0.2, -0.15) is 0 Å².